The highest BCUT2D eigenvalue weighted by atomic mass is 19.4. The van der Waals surface area contributed by atoms with Gasteiger partial charge in [-0.05, 0) is 49.7 Å². The molecule has 182 valence electrons. The van der Waals surface area contributed by atoms with Crippen LogP contribution in [0.3, 0.4) is 0 Å². The van der Waals surface area contributed by atoms with Crippen molar-refractivity contribution in [1.29, 1.82) is 0 Å². The SMILES string of the molecule is CCOC(=O)c1cnn(-c2ccc(C(=O)NCCCn3cnc4ccccc43)cc2)c1C(F)(F)F. The van der Waals surface area contributed by atoms with Crippen molar-refractivity contribution in [3.63, 3.8) is 0 Å². The van der Waals surface area contributed by atoms with E-state index in [1.54, 1.807) is 6.33 Å². The van der Waals surface area contributed by atoms with Crippen LogP contribution in [0.5, 0.6) is 0 Å². The molecule has 2 aromatic heterocycles. The Labute approximate surface area is 198 Å². The molecule has 0 radical (unpaired) electrons. The molecule has 8 nitrogen and oxygen atoms in total. The van der Waals surface area contributed by atoms with Gasteiger partial charge < -0.3 is 14.6 Å². The summed E-state index contributed by atoms with van der Waals surface area (Å²) < 4.78 is 48.3. The zero-order valence-electron chi connectivity index (χ0n) is 18.7. The molecule has 4 rings (SSSR count). The minimum Gasteiger partial charge on any atom is -0.462 e. The van der Waals surface area contributed by atoms with Gasteiger partial charge >= 0.3 is 12.1 Å². The second kappa shape index (κ2) is 10.00. The molecule has 1 N–H and O–H groups in total. The maximum Gasteiger partial charge on any atom is 0.434 e. The highest BCUT2D eigenvalue weighted by Crippen LogP contribution is 2.34. The lowest BCUT2D eigenvalue weighted by Crippen LogP contribution is -2.25. The zero-order valence-corrected chi connectivity index (χ0v) is 18.7. The van der Waals surface area contributed by atoms with Crippen LogP contribution in [-0.2, 0) is 17.5 Å². The number of nitrogens with zero attached hydrogens (tertiary/aromatic N) is 4. The van der Waals surface area contributed by atoms with Crippen LogP contribution in [0.1, 0.15) is 39.8 Å². The topological polar surface area (TPSA) is 91.0 Å². The van der Waals surface area contributed by atoms with Gasteiger partial charge in [0.1, 0.15) is 5.56 Å². The molecule has 11 heteroatoms. The van der Waals surface area contributed by atoms with Gasteiger partial charge in [-0.1, -0.05) is 12.1 Å². The van der Waals surface area contributed by atoms with Crippen molar-refractivity contribution in [2.45, 2.75) is 26.1 Å². The lowest BCUT2D eigenvalue weighted by molar-refractivity contribution is -0.143. The van der Waals surface area contributed by atoms with E-state index in [1.807, 2.05) is 28.8 Å². The maximum atomic E-state index is 13.7. The lowest BCUT2D eigenvalue weighted by atomic mass is 10.2. The predicted molar refractivity (Wildman–Crippen MR) is 121 cm³/mol. The van der Waals surface area contributed by atoms with E-state index in [-0.39, 0.29) is 23.8 Å². The molecule has 0 aliphatic rings. The molecule has 0 spiro atoms. The summed E-state index contributed by atoms with van der Waals surface area (Å²) in [6, 6.07) is 13.2. The molecule has 2 aromatic carbocycles. The smallest absolute Gasteiger partial charge is 0.434 e. The van der Waals surface area contributed by atoms with Crippen molar-refractivity contribution < 1.29 is 27.5 Å². The van der Waals surface area contributed by atoms with Gasteiger partial charge in [-0.25, -0.2) is 14.5 Å². The van der Waals surface area contributed by atoms with Gasteiger partial charge in [-0.2, -0.15) is 18.3 Å². The summed E-state index contributed by atoms with van der Waals surface area (Å²) in [7, 11) is 0. The fourth-order valence-electron chi connectivity index (χ4n) is 3.67. The Morgan fingerprint density at radius 3 is 2.54 bits per heavy atom. The Balaban J connectivity index is 1.40. The molecular formula is C24H22F3N5O3. The highest BCUT2D eigenvalue weighted by molar-refractivity contribution is 5.94. The first-order valence-electron chi connectivity index (χ1n) is 10.9. The highest BCUT2D eigenvalue weighted by Gasteiger charge is 2.41. The zero-order chi connectivity index (χ0) is 25.0. The van der Waals surface area contributed by atoms with Gasteiger partial charge in [-0.15, -0.1) is 0 Å². The summed E-state index contributed by atoms with van der Waals surface area (Å²) in [5, 5.41) is 6.53. The van der Waals surface area contributed by atoms with Crippen molar-refractivity contribution in [3.05, 3.63) is 77.9 Å². The van der Waals surface area contributed by atoms with Crippen LogP contribution in [0.2, 0.25) is 0 Å². The number of imidazole rings is 1. The van der Waals surface area contributed by atoms with E-state index >= 15 is 0 Å². The number of benzene rings is 2. The number of alkyl halides is 3. The fourth-order valence-corrected chi connectivity index (χ4v) is 3.67. The van der Waals surface area contributed by atoms with E-state index in [9.17, 15) is 22.8 Å². The van der Waals surface area contributed by atoms with E-state index in [2.05, 4.69) is 15.4 Å². The second-order valence-electron chi connectivity index (χ2n) is 7.62. The number of fused-ring (bicyclic) bond motifs is 1. The lowest BCUT2D eigenvalue weighted by Gasteiger charge is -2.13. The summed E-state index contributed by atoms with van der Waals surface area (Å²) in [6.45, 7) is 2.51. The number of carbonyl (C=O) groups excluding carboxylic acids is 2. The van der Waals surface area contributed by atoms with Gasteiger partial charge in [0.05, 0.1) is 35.9 Å². The average molecular weight is 485 g/mol. The molecule has 2 heterocycles. The Bertz CT molecular complexity index is 1340. The number of rotatable bonds is 8. The molecular weight excluding hydrogens is 463 g/mol. The number of ether oxygens (including phenoxy) is 1. The van der Waals surface area contributed by atoms with E-state index in [1.165, 1.54) is 31.2 Å². The van der Waals surface area contributed by atoms with E-state index in [0.29, 0.717) is 24.2 Å². The second-order valence-corrected chi connectivity index (χ2v) is 7.62. The summed E-state index contributed by atoms with van der Waals surface area (Å²) in [6.07, 6.45) is -1.59. The molecule has 0 aliphatic heterocycles. The number of carbonyl (C=O) groups is 2. The van der Waals surface area contributed by atoms with Gasteiger partial charge in [0.25, 0.3) is 5.91 Å². The predicted octanol–water partition coefficient (Wildman–Crippen LogP) is 4.24. The van der Waals surface area contributed by atoms with Crippen molar-refractivity contribution in [1.82, 2.24) is 24.6 Å². The number of para-hydroxylation sites is 2. The number of hydrogen-bond acceptors (Lipinski definition) is 5. The fraction of sp³-hybridized carbons (Fsp3) is 0.250. The number of hydrogen-bond donors (Lipinski definition) is 1. The van der Waals surface area contributed by atoms with Gasteiger partial charge in [0.15, 0.2) is 5.69 Å². The number of nitrogens with one attached hydrogen (secondary N) is 1. The Kier molecular flexibility index (Phi) is 6.85. The summed E-state index contributed by atoms with van der Waals surface area (Å²) in [5.41, 5.74) is 0.339. The quantitative estimate of drug-likeness (QED) is 0.298. The van der Waals surface area contributed by atoms with E-state index in [4.69, 9.17) is 4.74 Å². The summed E-state index contributed by atoms with van der Waals surface area (Å²) in [5.74, 6) is -1.46. The number of esters is 1. The first-order chi connectivity index (χ1) is 16.8. The largest absolute Gasteiger partial charge is 0.462 e. The average Bonchev–Trinajstić information content (AvgIpc) is 3.47. The first-order valence-corrected chi connectivity index (χ1v) is 10.9. The first kappa shape index (κ1) is 24.0. The van der Waals surface area contributed by atoms with Crippen molar-refractivity contribution in [2.24, 2.45) is 0 Å². The molecule has 0 aliphatic carbocycles. The third-order valence-electron chi connectivity index (χ3n) is 5.30. The van der Waals surface area contributed by atoms with E-state index in [0.717, 1.165) is 17.2 Å². The van der Waals surface area contributed by atoms with Gasteiger partial charge in [-0.3, -0.25) is 4.79 Å². The molecule has 0 saturated carbocycles. The summed E-state index contributed by atoms with van der Waals surface area (Å²) >= 11 is 0. The standard InChI is InChI=1S/C24H22F3N5O3/c1-2-35-23(34)18-14-30-32(21(18)24(25,26)27)17-10-8-16(9-11-17)22(33)28-12-5-13-31-15-29-19-6-3-4-7-20(19)31/h3-4,6-11,14-15H,2,5,12-13H2,1H3,(H,28,33). The Hall–Kier alpha value is -4.15. The molecule has 0 unspecified atom stereocenters. The van der Waals surface area contributed by atoms with Crippen LogP contribution < -0.4 is 5.32 Å². The Morgan fingerprint density at radius 2 is 1.83 bits per heavy atom. The van der Waals surface area contributed by atoms with Crippen LogP contribution >= 0.6 is 0 Å². The van der Waals surface area contributed by atoms with Gasteiger partial charge in [0.2, 0.25) is 0 Å². The number of halogens is 3. The van der Waals surface area contributed by atoms with Crippen LogP contribution in [0.4, 0.5) is 13.2 Å². The minimum atomic E-state index is -4.84. The van der Waals surface area contributed by atoms with E-state index < -0.39 is 23.4 Å². The van der Waals surface area contributed by atoms with Crippen molar-refractivity contribution >= 4 is 22.9 Å². The van der Waals surface area contributed by atoms with Crippen LogP contribution in [0, 0.1) is 0 Å². The molecule has 4 aromatic rings. The van der Waals surface area contributed by atoms with Crippen molar-refractivity contribution in [2.75, 3.05) is 13.2 Å². The molecule has 0 bridgehead atoms. The number of aryl methyl sites for hydroxylation is 1. The van der Waals surface area contributed by atoms with Crippen molar-refractivity contribution in [3.8, 4) is 5.69 Å². The van der Waals surface area contributed by atoms with Gasteiger partial charge in [0, 0.05) is 18.7 Å². The molecule has 0 fully saturated rings. The molecule has 0 atom stereocenters. The normalized spacial score (nSPS) is 11.5. The third-order valence-corrected chi connectivity index (χ3v) is 5.30. The minimum absolute atomic E-state index is 0.0522. The Morgan fingerprint density at radius 1 is 1.09 bits per heavy atom. The third kappa shape index (κ3) is 5.18. The molecule has 35 heavy (non-hydrogen) atoms. The van der Waals surface area contributed by atoms with Crippen LogP contribution in [0.15, 0.2) is 61.1 Å². The summed E-state index contributed by atoms with van der Waals surface area (Å²) in [4.78, 5) is 28.7. The number of aromatic nitrogens is 4. The molecule has 1 amide bonds. The molecule has 0 saturated heterocycles. The van der Waals surface area contributed by atoms with Crippen LogP contribution in [0.25, 0.3) is 16.7 Å². The number of amides is 1. The monoisotopic (exact) mass is 485 g/mol. The van der Waals surface area contributed by atoms with Crippen LogP contribution in [-0.4, -0.2) is 44.4 Å². The maximum absolute atomic E-state index is 13.7.